The number of ether oxygens (including phenoxy) is 1. The van der Waals surface area contributed by atoms with Crippen molar-refractivity contribution in [3.8, 4) is 11.5 Å². The molecule has 0 aromatic heterocycles. The molecule has 1 atom stereocenters. The average Bonchev–Trinajstić information content (AvgIpc) is 3.02. The zero-order chi connectivity index (χ0) is 21.8. The van der Waals surface area contributed by atoms with Crippen molar-refractivity contribution in [2.45, 2.75) is 19.4 Å². The Balaban J connectivity index is 1.45. The first kappa shape index (κ1) is 20.2. The summed E-state index contributed by atoms with van der Waals surface area (Å²) in [7, 11) is 0. The average molecular weight is 415 g/mol. The van der Waals surface area contributed by atoms with Crippen molar-refractivity contribution < 1.29 is 19.1 Å². The van der Waals surface area contributed by atoms with Gasteiger partial charge in [-0.2, -0.15) is 0 Å². The topological polar surface area (TPSA) is 87.7 Å². The van der Waals surface area contributed by atoms with Gasteiger partial charge in [-0.1, -0.05) is 24.3 Å². The molecule has 0 spiro atoms. The van der Waals surface area contributed by atoms with Gasteiger partial charge in [-0.25, -0.2) is 4.90 Å². The van der Waals surface area contributed by atoms with E-state index < -0.39 is 6.04 Å². The third-order valence-electron chi connectivity index (χ3n) is 4.74. The van der Waals surface area contributed by atoms with Crippen LogP contribution >= 0.6 is 0 Å². The Morgan fingerprint density at radius 1 is 0.903 bits per heavy atom. The minimum atomic E-state index is -0.680. The number of hydrogen-bond acceptors (Lipinski definition) is 5. The molecule has 0 bridgehead atoms. The monoisotopic (exact) mass is 415 g/mol. The van der Waals surface area contributed by atoms with E-state index in [4.69, 9.17) is 4.74 Å². The lowest BCUT2D eigenvalue weighted by atomic mass is 10.2. The number of para-hydroxylation sites is 1. The first-order valence-electron chi connectivity index (χ1n) is 9.83. The maximum absolute atomic E-state index is 12.9. The summed E-state index contributed by atoms with van der Waals surface area (Å²) >= 11 is 0. The fraction of sp³-hybridized carbons (Fsp3) is 0.125. The van der Waals surface area contributed by atoms with Gasteiger partial charge >= 0.3 is 0 Å². The first-order valence-corrected chi connectivity index (χ1v) is 9.83. The van der Waals surface area contributed by atoms with Gasteiger partial charge in [-0.05, 0) is 54.6 Å². The number of rotatable bonds is 6. The molecule has 0 saturated carbocycles. The third-order valence-corrected chi connectivity index (χ3v) is 4.74. The van der Waals surface area contributed by atoms with E-state index in [1.807, 2.05) is 30.3 Å². The first-order chi connectivity index (χ1) is 15.0. The SMILES string of the molecule is CC(=O)Nc1cccc(N[C@H]2CC(=O)N(c3ccc(Oc4ccccc4)cc3)C2=O)c1. The maximum atomic E-state index is 12.9. The summed E-state index contributed by atoms with van der Waals surface area (Å²) in [6.07, 6.45) is 0.0471. The van der Waals surface area contributed by atoms with Gasteiger partial charge in [0.05, 0.1) is 12.1 Å². The van der Waals surface area contributed by atoms with Crippen LogP contribution in [0.4, 0.5) is 17.1 Å². The Labute approximate surface area is 179 Å². The molecule has 1 saturated heterocycles. The van der Waals surface area contributed by atoms with Crippen molar-refractivity contribution in [2.75, 3.05) is 15.5 Å². The molecule has 156 valence electrons. The number of nitrogens with one attached hydrogen (secondary N) is 2. The number of nitrogens with zero attached hydrogens (tertiary/aromatic N) is 1. The molecule has 7 nitrogen and oxygen atoms in total. The molecule has 2 N–H and O–H groups in total. The smallest absolute Gasteiger partial charge is 0.256 e. The lowest BCUT2D eigenvalue weighted by molar-refractivity contribution is -0.121. The number of hydrogen-bond donors (Lipinski definition) is 2. The zero-order valence-electron chi connectivity index (χ0n) is 16.9. The van der Waals surface area contributed by atoms with Crippen LogP contribution in [0.3, 0.4) is 0 Å². The predicted molar refractivity (Wildman–Crippen MR) is 118 cm³/mol. The highest BCUT2D eigenvalue weighted by Gasteiger charge is 2.39. The van der Waals surface area contributed by atoms with E-state index in [9.17, 15) is 14.4 Å². The molecular weight excluding hydrogens is 394 g/mol. The molecule has 1 aliphatic heterocycles. The normalized spacial score (nSPS) is 15.6. The predicted octanol–water partition coefficient (Wildman–Crippen LogP) is 4.18. The molecule has 0 unspecified atom stereocenters. The summed E-state index contributed by atoms with van der Waals surface area (Å²) in [5.74, 6) is 0.520. The van der Waals surface area contributed by atoms with Gasteiger partial charge in [0.2, 0.25) is 11.8 Å². The van der Waals surface area contributed by atoms with E-state index in [1.54, 1.807) is 48.5 Å². The molecule has 4 rings (SSSR count). The quantitative estimate of drug-likeness (QED) is 0.590. The zero-order valence-corrected chi connectivity index (χ0v) is 16.9. The number of amides is 3. The number of benzene rings is 3. The largest absolute Gasteiger partial charge is 0.457 e. The summed E-state index contributed by atoms with van der Waals surface area (Å²) in [6, 6.07) is 22.5. The highest BCUT2D eigenvalue weighted by Crippen LogP contribution is 2.29. The van der Waals surface area contributed by atoms with E-state index >= 15 is 0 Å². The third kappa shape index (κ3) is 4.72. The number of imide groups is 1. The van der Waals surface area contributed by atoms with Gasteiger partial charge in [-0.15, -0.1) is 0 Å². The van der Waals surface area contributed by atoms with Crippen LogP contribution in [0.15, 0.2) is 78.9 Å². The van der Waals surface area contributed by atoms with Crippen molar-refractivity contribution in [2.24, 2.45) is 0 Å². The van der Waals surface area contributed by atoms with Gasteiger partial charge < -0.3 is 15.4 Å². The van der Waals surface area contributed by atoms with Gasteiger partial charge in [0.1, 0.15) is 17.5 Å². The summed E-state index contributed by atoms with van der Waals surface area (Å²) in [5, 5.41) is 5.78. The van der Waals surface area contributed by atoms with Gasteiger partial charge in [0.25, 0.3) is 5.91 Å². The van der Waals surface area contributed by atoms with Crippen LogP contribution in [0.5, 0.6) is 11.5 Å². The minimum absolute atomic E-state index is 0.0471. The van der Waals surface area contributed by atoms with Crippen molar-refractivity contribution >= 4 is 34.8 Å². The van der Waals surface area contributed by atoms with Gasteiger partial charge in [-0.3, -0.25) is 14.4 Å². The molecule has 1 aliphatic rings. The highest BCUT2D eigenvalue weighted by molar-refractivity contribution is 6.23. The Kier molecular flexibility index (Phi) is 5.66. The molecule has 1 heterocycles. The van der Waals surface area contributed by atoms with E-state index in [0.717, 1.165) is 0 Å². The van der Waals surface area contributed by atoms with Crippen molar-refractivity contribution in [3.05, 3.63) is 78.9 Å². The molecule has 3 aromatic rings. The van der Waals surface area contributed by atoms with Crippen molar-refractivity contribution in [3.63, 3.8) is 0 Å². The van der Waals surface area contributed by atoms with Crippen molar-refractivity contribution in [1.29, 1.82) is 0 Å². The Morgan fingerprint density at radius 2 is 1.58 bits per heavy atom. The van der Waals surface area contributed by atoms with Crippen LogP contribution in [-0.4, -0.2) is 23.8 Å². The number of anilines is 3. The summed E-state index contributed by atoms with van der Waals surface area (Å²) in [4.78, 5) is 37.9. The van der Waals surface area contributed by atoms with E-state index in [-0.39, 0.29) is 24.1 Å². The molecule has 3 amide bonds. The Bertz CT molecular complexity index is 1110. The second kappa shape index (κ2) is 8.71. The molecular formula is C24H21N3O4. The van der Waals surface area contributed by atoms with Crippen LogP contribution in [0.25, 0.3) is 0 Å². The van der Waals surface area contributed by atoms with Crippen LogP contribution in [0.2, 0.25) is 0 Å². The van der Waals surface area contributed by atoms with Crippen LogP contribution < -0.4 is 20.3 Å². The van der Waals surface area contributed by atoms with Gasteiger partial charge in [0, 0.05) is 18.3 Å². The van der Waals surface area contributed by atoms with Crippen LogP contribution in [0.1, 0.15) is 13.3 Å². The van der Waals surface area contributed by atoms with Gasteiger partial charge in [0.15, 0.2) is 0 Å². The minimum Gasteiger partial charge on any atom is -0.457 e. The number of carbonyl (C=O) groups is 3. The maximum Gasteiger partial charge on any atom is 0.256 e. The molecule has 0 radical (unpaired) electrons. The Morgan fingerprint density at radius 3 is 2.29 bits per heavy atom. The molecule has 1 fully saturated rings. The summed E-state index contributed by atoms with van der Waals surface area (Å²) < 4.78 is 5.76. The van der Waals surface area contributed by atoms with E-state index in [2.05, 4.69) is 10.6 Å². The lowest BCUT2D eigenvalue weighted by Gasteiger charge is -2.17. The van der Waals surface area contributed by atoms with Crippen molar-refractivity contribution in [1.82, 2.24) is 0 Å². The fourth-order valence-electron chi connectivity index (χ4n) is 3.40. The second-order valence-electron chi connectivity index (χ2n) is 7.14. The summed E-state index contributed by atoms with van der Waals surface area (Å²) in [5.41, 5.74) is 1.75. The highest BCUT2D eigenvalue weighted by atomic mass is 16.5. The van der Waals surface area contributed by atoms with E-state index in [0.29, 0.717) is 28.6 Å². The summed E-state index contributed by atoms with van der Waals surface area (Å²) in [6.45, 7) is 1.42. The fourth-order valence-corrected chi connectivity index (χ4v) is 3.40. The second-order valence-corrected chi connectivity index (χ2v) is 7.14. The Hall–Kier alpha value is -4.13. The molecule has 3 aromatic carbocycles. The molecule has 31 heavy (non-hydrogen) atoms. The number of carbonyl (C=O) groups excluding carboxylic acids is 3. The van der Waals surface area contributed by atoms with E-state index in [1.165, 1.54) is 11.8 Å². The van der Waals surface area contributed by atoms with Crippen LogP contribution in [0, 0.1) is 0 Å². The lowest BCUT2D eigenvalue weighted by Crippen LogP contribution is -2.34. The van der Waals surface area contributed by atoms with Crippen LogP contribution in [-0.2, 0) is 14.4 Å². The molecule has 0 aliphatic carbocycles. The standard InChI is InChI=1S/C24H21N3O4/c1-16(28)25-17-6-5-7-18(14-17)26-22-15-23(29)27(24(22)30)19-10-12-21(13-11-19)31-20-8-3-2-4-9-20/h2-14,22,26H,15H2,1H3,(H,25,28)/t22-/m0/s1. The molecule has 7 heteroatoms.